The fourth-order valence-corrected chi connectivity index (χ4v) is 1.77. The number of thiophene rings is 1. The van der Waals surface area contributed by atoms with Crippen molar-refractivity contribution in [2.75, 3.05) is 13.7 Å². The molecule has 1 rings (SSSR count). The highest BCUT2D eigenvalue weighted by atomic mass is 32.1. The Kier molecular flexibility index (Phi) is 3.41. The fraction of sp³-hybridized carbons (Fsp3) is 0.375. The molecule has 1 aromatic heterocycles. The monoisotopic (exact) mass is 201 g/mol. The van der Waals surface area contributed by atoms with Gasteiger partial charge in [-0.25, -0.2) is 4.79 Å². The molecule has 3 N–H and O–H groups in total. The van der Waals surface area contributed by atoms with Crippen molar-refractivity contribution in [1.29, 1.82) is 0 Å². The van der Waals surface area contributed by atoms with Crippen molar-refractivity contribution in [3.63, 3.8) is 0 Å². The number of hydrogen-bond donors (Lipinski definition) is 2. The van der Waals surface area contributed by atoms with E-state index in [0.717, 1.165) is 4.88 Å². The van der Waals surface area contributed by atoms with Gasteiger partial charge < -0.3 is 15.6 Å². The summed E-state index contributed by atoms with van der Waals surface area (Å²) in [5, 5.41) is 8.76. The summed E-state index contributed by atoms with van der Waals surface area (Å²) in [5.74, 6) is -0.374. The van der Waals surface area contributed by atoms with Crippen LogP contribution < -0.4 is 5.73 Å². The molecule has 0 aliphatic heterocycles. The van der Waals surface area contributed by atoms with Gasteiger partial charge in [0.05, 0.1) is 19.8 Å². The van der Waals surface area contributed by atoms with E-state index in [9.17, 15) is 4.79 Å². The number of carbonyl (C=O) groups excluding carboxylic acids is 1. The first-order valence-electron chi connectivity index (χ1n) is 3.73. The number of aliphatic hydroxyl groups is 1. The van der Waals surface area contributed by atoms with Crippen LogP contribution in [-0.4, -0.2) is 24.8 Å². The molecule has 1 heterocycles. The third-order valence-electron chi connectivity index (χ3n) is 1.58. The number of carbonyl (C=O) groups is 1. The lowest BCUT2D eigenvalue weighted by molar-refractivity contribution is 0.0606. The minimum Gasteiger partial charge on any atom is -0.465 e. The number of nitrogens with two attached hydrogens (primary N) is 1. The molecule has 0 saturated heterocycles. The molecule has 0 saturated carbocycles. The second kappa shape index (κ2) is 4.36. The van der Waals surface area contributed by atoms with Crippen molar-refractivity contribution in [3.8, 4) is 0 Å². The van der Waals surface area contributed by atoms with Gasteiger partial charge in [0, 0.05) is 4.88 Å². The van der Waals surface area contributed by atoms with Crippen LogP contribution in [0.25, 0.3) is 0 Å². The first kappa shape index (κ1) is 10.2. The Morgan fingerprint density at radius 3 is 3.00 bits per heavy atom. The Hall–Kier alpha value is -0.910. The number of rotatable bonds is 3. The second-order valence-electron chi connectivity index (χ2n) is 2.48. The predicted molar refractivity (Wildman–Crippen MR) is 49.7 cm³/mol. The van der Waals surface area contributed by atoms with E-state index in [1.54, 1.807) is 12.1 Å². The molecule has 0 aromatic carbocycles. The molecule has 5 heteroatoms. The first-order valence-corrected chi connectivity index (χ1v) is 4.55. The average Bonchev–Trinajstić information content (AvgIpc) is 2.64. The number of methoxy groups -OCH3 is 1. The molecule has 13 heavy (non-hydrogen) atoms. The Morgan fingerprint density at radius 1 is 1.77 bits per heavy atom. The van der Waals surface area contributed by atoms with Gasteiger partial charge in [0.2, 0.25) is 0 Å². The largest absolute Gasteiger partial charge is 0.465 e. The van der Waals surface area contributed by atoms with E-state index in [1.165, 1.54) is 18.4 Å². The van der Waals surface area contributed by atoms with Gasteiger partial charge in [-0.1, -0.05) is 0 Å². The van der Waals surface area contributed by atoms with Crippen LogP contribution in [0.4, 0.5) is 0 Å². The molecule has 0 bridgehead atoms. The first-order chi connectivity index (χ1) is 6.19. The van der Waals surface area contributed by atoms with Gasteiger partial charge in [-0.05, 0) is 12.1 Å². The number of ether oxygens (including phenoxy) is 1. The summed E-state index contributed by atoms with van der Waals surface area (Å²) >= 11 is 1.24. The molecule has 0 radical (unpaired) electrons. The van der Waals surface area contributed by atoms with Crippen LogP contribution >= 0.6 is 11.3 Å². The molecule has 1 atom stereocenters. The highest BCUT2D eigenvalue weighted by Crippen LogP contribution is 2.21. The third kappa shape index (κ3) is 2.27. The molecular weight excluding hydrogens is 190 g/mol. The standard InChI is InChI=1S/C8H11NO3S/c1-12-8(11)7-3-2-6(13-7)5(9)4-10/h2-3,5,10H,4,9H2,1H3/t5-/m0/s1. The Balaban J connectivity index is 2.80. The highest BCUT2D eigenvalue weighted by molar-refractivity contribution is 7.14. The zero-order valence-corrected chi connectivity index (χ0v) is 8.00. The van der Waals surface area contributed by atoms with Gasteiger partial charge in [0.15, 0.2) is 0 Å². The Morgan fingerprint density at radius 2 is 2.46 bits per heavy atom. The zero-order valence-electron chi connectivity index (χ0n) is 7.19. The van der Waals surface area contributed by atoms with Crippen LogP contribution in [0.1, 0.15) is 20.6 Å². The van der Waals surface area contributed by atoms with Crippen molar-refractivity contribution in [3.05, 3.63) is 21.9 Å². The Labute approximate surface area is 79.9 Å². The van der Waals surface area contributed by atoms with E-state index in [0.29, 0.717) is 4.88 Å². The van der Waals surface area contributed by atoms with Crippen molar-refractivity contribution in [1.82, 2.24) is 0 Å². The molecule has 72 valence electrons. The van der Waals surface area contributed by atoms with E-state index in [2.05, 4.69) is 4.74 Å². The summed E-state index contributed by atoms with van der Waals surface area (Å²) in [6, 6.07) is 2.95. The number of aliphatic hydroxyl groups excluding tert-OH is 1. The molecule has 0 fully saturated rings. The van der Waals surface area contributed by atoms with E-state index < -0.39 is 6.04 Å². The lowest BCUT2D eigenvalue weighted by Gasteiger charge is -2.02. The van der Waals surface area contributed by atoms with Gasteiger partial charge in [0.1, 0.15) is 4.88 Å². The average molecular weight is 201 g/mol. The molecular formula is C8H11NO3S. The van der Waals surface area contributed by atoms with Crippen LogP contribution in [-0.2, 0) is 4.74 Å². The highest BCUT2D eigenvalue weighted by Gasteiger charge is 2.12. The molecule has 0 aliphatic rings. The van der Waals surface area contributed by atoms with Crippen LogP contribution in [0.5, 0.6) is 0 Å². The van der Waals surface area contributed by atoms with Crippen LogP contribution in [0.3, 0.4) is 0 Å². The maximum Gasteiger partial charge on any atom is 0.348 e. The number of hydrogen-bond acceptors (Lipinski definition) is 5. The van der Waals surface area contributed by atoms with Crippen LogP contribution in [0.15, 0.2) is 12.1 Å². The predicted octanol–water partition coefficient (Wildman–Crippen LogP) is 0.527. The Bertz CT molecular complexity index is 297. The maximum absolute atomic E-state index is 11.0. The van der Waals surface area contributed by atoms with E-state index >= 15 is 0 Å². The van der Waals surface area contributed by atoms with Gasteiger partial charge in [0.25, 0.3) is 0 Å². The van der Waals surface area contributed by atoms with Crippen LogP contribution in [0.2, 0.25) is 0 Å². The quantitative estimate of drug-likeness (QED) is 0.699. The van der Waals surface area contributed by atoms with Crippen LogP contribution in [0, 0.1) is 0 Å². The summed E-state index contributed by atoms with van der Waals surface area (Å²) in [6.45, 7) is -0.124. The number of esters is 1. The van der Waals surface area contributed by atoms with Crippen molar-refractivity contribution in [2.45, 2.75) is 6.04 Å². The summed E-state index contributed by atoms with van der Waals surface area (Å²) < 4.78 is 4.53. The van der Waals surface area contributed by atoms with Crippen molar-refractivity contribution in [2.24, 2.45) is 5.73 Å². The van der Waals surface area contributed by atoms with Crippen molar-refractivity contribution >= 4 is 17.3 Å². The van der Waals surface area contributed by atoms with Gasteiger partial charge >= 0.3 is 5.97 Å². The molecule has 4 nitrogen and oxygen atoms in total. The third-order valence-corrected chi connectivity index (χ3v) is 2.77. The van der Waals surface area contributed by atoms with E-state index in [4.69, 9.17) is 10.8 Å². The molecule has 0 spiro atoms. The second-order valence-corrected chi connectivity index (χ2v) is 3.60. The summed E-state index contributed by atoms with van der Waals surface area (Å²) in [7, 11) is 1.33. The smallest absolute Gasteiger partial charge is 0.348 e. The topological polar surface area (TPSA) is 72.5 Å². The summed E-state index contributed by atoms with van der Waals surface area (Å²) in [4.78, 5) is 12.3. The van der Waals surface area contributed by atoms with Gasteiger partial charge in [-0.3, -0.25) is 0 Å². The molecule has 0 amide bonds. The molecule has 0 unspecified atom stereocenters. The minimum atomic E-state index is -0.414. The van der Waals surface area contributed by atoms with E-state index in [-0.39, 0.29) is 12.6 Å². The molecule has 1 aromatic rings. The SMILES string of the molecule is COC(=O)c1ccc([C@@H](N)CO)s1. The molecule has 0 aliphatic carbocycles. The minimum absolute atomic E-state index is 0.124. The zero-order chi connectivity index (χ0) is 9.84. The van der Waals surface area contributed by atoms with Gasteiger partial charge in [-0.2, -0.15) is 0 Å². The van der Waals surface area contributed by atoms with E-state index in [1.807, 2.05) is 0 Å². The lowest BCUT2D eigenvalue weighted by atomic mass is 10.3. The van der Waals surface area contributed by atoms with Crippen molar-refractivity contribution < 1.29 is 14.6 Å². The normalized spacial score (nSPS) is 12.5. The summed E-state index contributed by atoms with van der Waals surface area (Å²) in [5.41, 5.74) is 5.56. The summed E-state index contributed by atoms with van der Waals surface area (Å²) in [6.07, 6.45) is 0. The maximum atomic E-state index is 11.0. The van der Waals surface area contributed by atoms with Gasteiger partial charge in [-0.15, -0.1) is 11.3 Å². The lowest BCUT2D eigenvalue weighted by Crippen LogP contribution is -2.12. The fourth-order valence-electron chi connectivity index (χ4n) is 0.852.